The van der Waals surface area contributed by atoms with Gasteiger partial charge >= 0.3 is 6.09 Å². The number of nitriles is 1. The van der Waals surface area contributed by atoms with Crippen LogP contribution in [0.4, 0.5) is 9.80 Å². The largest absolute Gasteiger partial charge is 0.453 e. The Morgan fingerprint density at radius 3 is 3.17 bits per heavy atom. The van der Waals surface area contributed by atoms with E-state index < -0.39 is 6.09 Å². The zero-order chi connectivity index (χ0) is 8.97. The predicted octanol–water partition coefficient (Wildman–Crippen LogP) is 1.80. The van der Waals surface area contributed by atoms with Crippen molar-refractivity contribution in [3.63, 3.8) is 0 Å². The van der Waals surface area contributed by atoms with E-state index in [-0.39, 0.29) is 0 Å². The van der Waals surface area contributed by atoms with Gasteiger partial charge in [-0.3, -0.25) is 5.32 Å². The minimum Gasteiger partial charge on any atom is -0.453 e. The maximum atomic E-state index is 10.7. The Bertz CT molecular complexity index is 326. The molecule has 1 aromatic rings. The average Bonchev–Trinajstić information content (AvgIpc) is 2.51. The number of thiophene rings is 1. The van der Waals surface area contributed by atoms with Gasteiger partial charge < -0.3 is 4.74 Å². The predicted molar refractivity (Wildman–Crippen MR) is 45.1 cm³/mol. The lowest BCUT2D eigenvalue weighted by atomic mass is 10.3. The Balaban J connectivity index is 2.76. The summed E-state index contributed by atoms with van der Waals surface area (Å²) >= 11 is 1.28. The lowest BCUT2D eigenvalue weighted by Crippen LogP contribution is -2.10. The van der Waals surface area contributed by atoms with Crippen LogP contribution in [0.5, 0.6) is 0 Å². The Labute approximate surface area is 73.4 Å². The SMILES string of the molecule is COC(=O)Nc1sccc1C#N. The van der Waals surface area contributed by atoms with Crippen LogP contribution in [0.15, 0.2) is 11.4 Å². The van der Waals surface area contributed by atoms with E-state index in [4.69, 9.17) is 5.26 Å². The van der Waals surface area contributed by atoms with Crippen LogP contribution < -0.4 is 5.32 Å². The van der Waals surface area contributed by atoms with Gasteiger partial charge in [0.2, 0.25) is 0 Å². The number of carbonyl (C=O) groups excluding carboxylic acids is 1. The summed E-state index contributed by atoms with van der Waals surface area (Å²) < 4.78 is 4.37. The van der Waals surface area contributed by atoms with E-state index >= 15 is 0 Å². The van der Waals surface area contributed by atoms with E-state index in [1.54, 1.807) is 11.4 Å². The number of hydrogen-bond donors (Lipinski definition) is 1. The highest BCUT2D eigenvalue weighted by Gasteiger charge is 2.06. The summed E-state index contributed by atoms with van der Waals surface area (Å²) in [7, 11) is 1.27. The maximum Gasteiger partial charge on any atom is 0.411 e. The fourth-order valence-electron chi connectivity index (χ4n) is 0.638. The maximum absolute atomic E-state index is 10.7. The van der Waals surface area contributed by atoms with Crippen molar-refractivity contribution < 1.29 is 9.53 Å². The third-order valence-electron chi connectivity index (χ3n) is 1.19. The fraction of sp³-hybridized carbons (Fsp3) is 0.143. The first kappa shape index (κ1) is 8.56. The van der Waals surface area contributed by atoms with Crippen LogP contribution >= 0.6 is 11.3 Å². The summed E-state index contributed by atoms with van der Waals surface area (Å²) in [6, 6.07) is 3.58. The van der Waals surface area contributed by atoms with E-state index in [0.29, 0.717) is 10.6 Å². The normalized spacial score (nSPS) is 8.67. The molecule has 1 heterocycles. The number of methoxy groups -OCH3 is 1. The molecule has 0 saturated heterocycles. The zero-order valence-electron chi connectivity index (χ0n) is 6.33. The number of carbonyl (C=O) groups is 1. The molecular formula is C7H6N2O2S. The molecule has 1 rings (SSSR count). The second-order valence-corrected chi connectivity index (χ2v) is 2.81. The summed E-state index contributed by atoms with van der Waals surface area (Å²) in [6.07, 6.45) is -0.561. The second-order valence-electron chi connectivity index (χ2n) is 1.89. The van der Waals surface area contributed by atoms with E-state index in [1.165, 1.54) is 18.4 Å². The van der Waals surface area contributed by atoms with E-state index in [9.17, 15) is 4.79 Å². The molecule has 0 radical (unpaired) electrons. The second kappa shape index (κ2) is 3.74. The van der Waals surface area contributed by atoms with Gasteiger partial charge in [-0.25, -0.2) is 4.79 Å². The molecule has 5 heteroatoms. The van der Waals surface area contributed by atoms with Crippen molar-refractivity contribution in [3.05, 3.63) is 17.0 Å². The molecule has 0 aliphatic carbocycles. The molecule has 1 amide bonds. The van der Waals surface area contributed by atoms with Crippen LogP contribution in [-0.2, 0) is 4.74 Å². The summed E-state index contributed by atoms with van der Waals surface area (Å²) in [6.45, 7) is 0. The van der Waals surface area contributed by atoms with Gasteiger partial charge in [-0.2, -0.15) is 5.26 Å². The van der Waals surface area contributed by atoms with E-state index in [0.717, 1.165) is 0 Å². The number of amides is 1. The molecule has 62 valence electrons. The monoisotopic (exact) mass is 182 g/mol. The van der Waals surface area contributed by atoms with Crippen molar-refractivity contribution in [1.29, 1.82) is 5.26 Å². The quantitative estimate of drug-likeness (QED) is 0.720. The molecule has 0 saturated carbocycles. The topological polar surface area (TPSA) is 62.1 Å². The van der Waals surface area contributed by atoms with Crippen LogP contribution in [-0.4, -0.2) is 13.2 Å². The van der Waals surface area contributed by atoms with Crippen molar-refractivity contribution in [2.24, 2.45) is 0 Å². The van der Waals surface area contributed by atoms with Gasteiger partial charge in [0.25, 0.3) is 0 Å². The summed E-state index contributed by atoms with van der Waals surface area (Å²) in [5, 5.41) is 13.2. The molecular weight excluding hydrogens is 176 g/mol. The molecule has 0 aliphatic heterocycles. The number of nitrogens with zero attached hydrogens (tertiary/aromatic N) is 1. The zero-order valence-corrected chi connectivity index (χ0v) is 7.14. The Morgan fingerprint density at radius 1 is 1.83 bits per heavy atom. The van der Waals surface area contributed by atoms with Crippen molar-refractivity contribution >= 4 is 22.4 Å². The van der Waals surface area contributed by atoms with Gasteiger partial charge in [-0.1, -0.05) is 0 Å². The molecule has 0 aliphatic rings. The highest BCUT2D eigenvalue weighted by Crippen LogP contribution is 2.21. The summed E-state index contributed by atoms with van der Waals surface area (Å²) in [5.74, 6) is 0. The van der Waals surface area contributed by atoms with E-state index in [1.807, 2.05) is 6.07 Å². The van der Waals surface area contributed by atoms with E-state index in [2.05, 4.69) is 10.1 Å². The lowest BCUT2D eigenvalue weighted by Gasteiger charge is -1.99. The van der Waals surface area contributed by atoms with Crippen LogP contribution in [0.25, 0.3) is 0 Å². The minimum absolute atomic E-state index is 0.449. The first-order valence-corrected chi connectivity index (χ1v) is 3.98. The van der Waals surface area contributed by atoms with Crippen LogP contribution in [0.3, 0.4) is 0 Å². The number of anilines is 1. The number of ether oxygens (including phenoxy) is 1. The fourth-order valence-corrected chi connectivity index (χ4v) is 1.36. The standard InChI is InChI=1S/C7H6N2O2S/c1-11-7(10)9-6-5(4-8)2-3-12-6/h2-3H,1H3,(H,9,10). The molecule has 0 spiro atoms. The molecule has 0 atom stereocenters. The minimum atomic E-state index is -0.561. The Morgan fingerprint density at radius 2 is 2.58 bits per heavy atom. The lowest BCUT2D eigenvalue weighted by molar-refractivity contribution is 0.187. The number of nitrogens with one attached hydrogen (secondary N) is 1. The third kappa shape index (κ3) is 1.74. The van der Waals surface area contributed by atoms with Crippen molar-refractivity contribution in [1.82, 2.24) is 0 Å². The molecule has 1 aromatic heterocycles. The van der Waals surface area contributed by atoms with Gasteiger partial charge in [0.15, 0.2) is 0 Å². The average molecular weight is 182 g/mol. The van der Waals surface area contributed by atoms with Crippen molar-refractivity contribution in [2.75, 3.05) is 12.4 Å². The number of hydrogen-bond acceptors (Lipinski definition) is 4. The van der Waals surface area contributed by atoms with Gasteiger partial charge in [0, 0.05) is 0 Å². The smallest absolute Gasteiger partial charge is 0.411 e. The molecule has 0 aromatic carbocycles. The van der Waals surface area contributed by atoms with Crippen molar-refractivity contribution in [3.8, 4) is 6.07 Å². The molecule has 12 heavy (non-hydrogen) atoms. The highest BCUT2D eigenvalue weighted by atomic mass is 32.1. The Kier molecular flexibility index (Phi) is 2.66. The number of rotatable bonds is 1. The first-order valence-electron chi connectivity index (χ1n) is 3.10. The molecule has 4 nitrogen and oxygen atoms in total. The third-order valence-corrected chi connectivity index (χ3v) is 2.02. The molecule has 0 unspecified atom stereocenters. The van der Waals surface area contributed by atoms with Gasteiger partial charge in [0.05, 0.1) is 12.7 Å². The van der Waals surface area contributed by atoms with Gasteiger partial charge in [-0.05, 0) is 11.4 Å². The van der Waals surface area contributed by atoms with Gasteiger partial charge in [-0.15, -0.1) is 11.3 Å². The van der Waals surface area contributed by atoms with Crippen LogP contribution in [0, 0.1) is 11.3 Å². The highest BCUT2D eigenvalue weighted by molar-refractivity contribution is 7.14. The molecule has 0 bridgehead atoms. The Hall–Kier alpha value is -1.54. The van der Waals surface area contributed by atoms with Crippen molar-refractivity contribution in [2.45, 2.75) is 0 Å². The van der Waals surface area contributed by atoms with Crippen LogP contribution in [0.1, 0.15) is 5.56 Å². The molecule has 0 fully saturated rings. The summed E-state index contributed by atoms with van der Waals surface area (Å²) in [5.41, 5.74) is 0.449. The van der Waals surface area contributed by atoms with Gasteiger partial charge in [0.1, 0.15) is 11.1 Å². The summed E-state index contributed by atoms with van der Waals surface area (Å²) in [4.78, 5) is 10.7. The molecule has 1 N–H and O–H groups in total. The van der Waals surface area contributed by atoms with Crippen LogP contribution in [0.2, 0.25) is 0 Å². The first-order chi connectivity index (χ1) is 5.77.